The molecule has 2 N–H and O–H groups in total. The number of benzene rings is 1. The molecule has 0 unspecified atom stereocenters. The van der Waals surface area contributed by atoms with Crippen molar-refractivity contribution >= 4 is 21.6 Å². The summed E-state index contributed by atoms with van der Waals surface area (Å²) in [6.45, 7) is 0.688. The molecule has 0 fully saturated rings. The second-order valence-electron chi connectivity index (χ2n) is 4.26. The number of sulfonamides is 1. The third-order valence-corrected chi connectivity index (χ3v) is 5.08. The molecule has 0 heterocycles. The first-order valence-corrected chi connectivity index (χ1v) is 7.79. The molecule has 1 aromatic carbocycles. The lowest BCUT2D eigenvalue weighted by Gasteiger charge is -2.18. The molecule has 0 saturated heterocycles. The molecule has 0 aliphatic carbocycles. The summed E-state index contributed by atoms with van der Waals surface area (Å²) in [7, 11) is -0.799. The number of halogens is 2. The van der Waals surface area contributed by atoms with E-state index in [1.54, 1.807) is 0 Å². The summed E-state index contributed by atoms with van der Waals surface area (Å²) in [4.78, 5) is -0.153. The van der Waals surface area contributed by atoms with E-state index in [0.29, 0.717) is 13.0 Å². The molecule has 0 saturated carbocycles. The van der Waals surface area contributed by atoms with Gasteiger partial charge in [0, 0.05) is 33.9 Å². The highest BCUT2D eigenvalue weighted by Gasteiger charge is 2.23. The van der Waals surface area contributed by atoms with Crippen LogP contribution >= 0.6 is 11.6 Å². The summed E-state index contributed by atoms with van der Waals surface area (Å²) in [5, 5.41) is -0.145. The van der Waals surface area contributed by atoms with Crippen LogP contribution in [0.3, 0.4) is 0 Å². The van der Waals surface area contributed by atoms with Crippen LogP contribution in [0.5, 0.6) is 0 Å². The Morgan fingerprint density at radius 2 is 2.10 bits per heavy atom. The van der Waals surface area contributed by atoms with Gasteiger partial charge >= 0.3 is 0 Å². The summed E-state index contributed by atoms with van der Waals surface area (Å²) in [5.74, 6) is -0.793. The third kappa shape index (κ3) is 3.89. The Labute approximate surface area is 123 Å². The van der Waals surface area contributed by atoms with E-state index in [4.69, 9.17) is 22.1 Å². The molecule has 0 radical (unpaired) electrons. The van der Waals surface area contributed by atoms with Gasteiger partial charge in [-0.1, -0.05) is 11.6 Å². The quantitative estimate of drug-likeness (QED) is 0.773. The second-order valence-corrected chi connectivity index (χ2v) is 6.68. The largest absolute Gasteiger partial charge is 0.385 e. The molecular formula is C12H18ClFN2O3S. The molecule has 1 rings (SSSR count). The average Bonchev–Trinajstić information content (AvgIpc) is 2.41. The van der Waals surface area contributed by atoms with Crippen LogP contribution in [-0.4, -0.2) is 40.0 Å². The van der Waals surface area contributed by atoms with Crippen molar-refractivity contribution in [2.24, 2.45) is 5.73 Å². The van der Waals surface area contributed by atoms with E-state index in [-0.39, 0.29) is 28.6 Å². The first-order valence-electron chi connectivity index (χ1n) is 5.97. The number of hydrogen-bond acceptors (Lipinski definition) is 4. The molecule has 0 aliphatic rings. The van der Waals surface area contributed by atoms with Gasteiger partial charge < -0.3 is 10.5 Å². The van der Waals surface area contributed by atoms with Crippen molar-refractivity contribution in [1.29, 1.82) is 0 Å². The van der Waals surface area contributed by atoms with Gasteiger partial charge in [-0.3, -0.25) is 0 Å². The molecule has 8 heteroatoms. The third-order valence-electron chi connectivity index (χ3n) is 2.83. The SMILES string of the molecule is COCCCN(C)S(=O)(=O)c1cc(F)c(Cl)c(CN)c1. The first kappa shape index (κ1) is 17.3. The van der Waals surface area contributed by atoms with E-state index in [0.717, 1.165) is 10.4 Å². The number of nitrogens with zero attached hydrogens (tertiary/aromatic N) is 1. The number of hydrogen-bond donors (Lipinski definition) is 1. The number of methoxy groups -OCH3 is 1. The Bertz CT molecular complexity index is 566. The van der Waals surface area contributed by atoms with Crippen molar-refractivity contribution in [3.63, 3.8) is 0 Å². The molecule has 20 heavy (non-hydrogen) atoms. The summed E-state index contributed by atoms with van der Waals surface area (Å²) < 4.78 is 44.2. The summed E-state index contributed by atoms with van der Waals surface area (Å²) in [5.41, 5.74) is 5.69. The topological polar surface area (TPSA) is 72.6 Å². The van der Waals surface area contributed by atoms with Crippen LogP contribution in [0.2, 0.25) is 5.02 Å². The van der Waals surface area contributed by atoms with Crippen molar-refractivity contribution in [3.05, 3.63) is 28.5 Å². The monoisotopic (exact) mass is 324 g/mol. The summed E-state index contributed by atoms with van der Waals surface area (Å²) in [6, 6.07) is 2.21. The lowest BCUT2D eigenvalue weighted by molar-refractivity contribution is 0.189. The average molecular weight is 325 g/mol. The Hall–Kier alpha value is -0.730. The summed E-state index contributed by atoms with van der Waals surface area (Å²) in [6.07, 6.45) is 0.548. The van der Waals surface area contributed by atoms with Crippen LogP contribution < -0.4 is 5.73 Å². The zero-order valence-electron chi connectivity index (χ0n) is 11.4. The molecule has 114 valence electrons. The van der Waals surface area contributed by atoms with Crippen LogP contribution in [0.4, 0.5) is 4.39 Å². The Balaban J connectivity index is 3.06. The highest BCUT2D eigenvalue weighted by Crippen LogP contribution is 2.25. The van der Waals surface area contributed by atoms with Gasteiger partial charge in [0.15, 0.2) is 0 Å². The van der Waals surface area contributed by atoms with E-state index in [2.05, 4.69) is 0 Å². The van der Waals surface area contributed by atoms with E-state index >= 15 is 0 Å². The Morgan fingerprint density at radius 3 is 2.65 bits per heavy atom. The fourth-order valence-corrected chi connectivity index (χ4v) is 3.11. The highest BCUT2D eigenvalue weighted by atomic mass is 35.5. The van der Waals surface area contributed by atoms with Gasteiger partial charge in [0.2, 0.25) is 10.0 Å². The fourth-order valence-electron chi connectivity index (χ4n) is 1.65. The maximum absolute atomic E-state index is 13.6. The molecule has 0 bridgehead atoms. The van der Waals surface area contributed by atoms with E-state index in [1.165, 1.54) is 20.2 Å². The molecule has 5 nitrogen and oxygen atoms in total. The molecule has 0 atom stereocenters. The lowest BCUT2D eigenvalue weighted by Crippen LogP contribution is -2.29. The van der Waals surface area contributed by atoms with Crippen LogP contribution in [0.15, 0.2) is 17.0 Å². The molecule has 0 aliphatic heterocycles. The minimum absolute atomic E-state index is 0.0352. The second kappa shape index (κ2) is 7.33. The Morgan fingerprint density at radius 1 is 1.45 bits per heavy atom. The van der Waals surface area contributed by atoms with E-state index in [1.807, 2.05) is 0 Å². The van der Waals surface area contributed by atoms with Gasteiger partial charge in [-0.25, -0.2) is 17.1 Å². The predicted molar refractivity (Wildman–Crippen MR) is 75.6 cm³/mol. The number of ether oxygens (including phenoxy) is 1. The standard InChI is InChI=1S/C12H18ClFN2O3S/c1-16(4-3-5-19-2)20(17,18)10-6-9(8-15)12(13)11(14)7-10/h6-7H,3-5,8,15H2,1-2H3. The molecule has 1 aromatic rings. The van der Waals surface area contributed by atoms with Crippen LogP contribution in [0.25, 0.3) is 0 Å². The van der Waals surface area contributed by atoms with Crippen LogP contribution in [0, 0.1) is 5.82 Å². The molecule has 0 amide bonds. The normalized spacial score (nSPS) is 12.1. The Kier molecular flexibility index (Phi) is 6.35. The molecule has 0 aromatic heterocycles. The lowest BCUT2D eigenvalue weighted by atomic mass is 10.2. The number of nitrogens with two attached hydrogens (primary N) is 1. The van der Waals surface area contributed by atoms with Crippen LogP contribution in [0.1, 0.15) is 12.0 Å². The molecular weight excluding hydrogens is 307 g/mol. The van der Waals surface area contributed by atoms with Gasteiger partial charge in [-0.05, 0) is 24.1 Å². The fraction of sp³-hybridized carbons (Fsp3) is 0.500. The smallest absolute Gasteiger partial charge is 0.242 e. The van der Waals surface area contributed by atoms with Crippen molar-refractivity contribution in [2.45, 2.75) is 17.9 Å². The minimum Gasteiger partial charge on any atom is -0.385 e. The first-order chi connectivity index (χ1) is 9.34. The van der Waals surface area contributed by atoms with Crippen molar-refractivity contribution < 1.29 is 17.5 Å². The maximum atomic E-state index is 13.6. The van der Waals surface area contributed by atoms with Crippen molar-refractivity contribution in [3.8, 4) is 0 Å². The van der Waals surface area contributed by atoms with Gasteiger partial charge in [-0.2, -0.15) is 0 Å². The predicted octanol–water partition coefficient (Wildman–Crippen LogP) is 1.59. The minimum atomic E-state index is -3.77. The van der Waals surface area contributed by atoms with Crippen LogP contribution in [-0.2, 0) is 21.3 Å². The van der Waals surface area contributed by atoms with Crippen molar-refractivity contribution in [1.82, 2.24) is 4.31 Å². The maximum Gasteiger partial charge on any atom is 0.242 e. The number of rotatable bonds is 7. The molecule has 0 spiro atoms. The van der Waals surface area contributed by atoms with Gasteiger partial charge in [-0.15, -0.1) is 0 Å². The van der Waals surface area contributed by atoms with Gasteiger partial charge in [0.05, 0.1) is 9.92 Å². The van der Waals surface area contributed by atoms with E-state index in [9.17, 15) is 12.8 Å². The zero-order chi connectivity index (χ0) is 15.3. The van der Waals surface area contributed by atoms with Crippen molar-refractivity contribution in [2.75, 3.05) is 27.3 Å². The summed E-state index contributed by atoms with van der Waals surface area (Å²) >= 11 is 5.72. The van der Waals surface area contributed by atoms with E-state index < -0.39 is 15.8 Å². The highest BCUT2D eigenvalue weighted by molar-refractivity contribution is 7.89. The van der Waals surface area contributed by atoms with Gasteiger partial charge in [0.25, 0.3) is 0 Å². The zero-order valence-corrected chi connectivity index (χ0v) is 13.0. The van der Waals surface area contributed by atoms with Gasteiger partial charge in [0.1, 0.15) is 5.82 Å².